The van der Waals surface area contributed by atoms with E-state index in [1.54, 1.807) is 0 Å². The first-order valence-corrected chi connectivity index (χ1v) is 6.43. The summed E-state index contributed by atoms with van der Waals surface area (Å²) in [5, 5.41) is 7.83. The zero-order valence-electron chi connectivity index (χ0n) is 10.3. The molecule has 1 saturated heterocycles. The van der Waals surface area contributed by atoms with Gasteiger partial charge in [0.1, 0.15) is 0 Å². The number of benzene rings is 1. The third-order valence-electron chi connectivity index (χ3n) is 3.24. The minimum Gasteiger partial charge on any atom is -0.311 e. The number of para-hydroxylation sites is 1. The molecule has 0 saturated carbocycles. The highest BCUT2D eigenvalue weighted by molar-refractivity contribution is 5.49. The van der Waals surface area contributed by atoms with Crippen molar-refractivity contribution in [2.24, 2.45) is 0 Å². The van der Waals surface area contributed by atoms with Gasteiger partial charge in [0.05, 0.1) is 11.9 Å². The standard InChI is InChI=1S/C15H17N3/c1-2-6-15(7-3-1)18-12-13(11-17-18)8-9-14-5-4-10-16-14/h1-3,6-9,11-12,14,16H,4-5,10H2/b9-8+. The molecule has 0 amide bonds. The maximum Gasteiger partial charge on any atom is 0.0645 e. The molecule has 2 aromatic rings. The second-order valence-corrected chi connectivity index (χ2v) is 4.62. The van der Waals surface area contributed by atoms with E-state index in [2.05, 4.69) is 40.9 Å². The lowest BCUT2D eigenvalue weighted by molar-refractivity contribution is 0.730. The summed E-state index contributed by atoms with van der Waals surface area (Å²) in [7, 11) is 0. The Kier molecular flexibility index (Phi) is 3.24. The molecule has 0 spiro atoms. The molecule has 1 aromatic heterocycles. The zero-order valence-corrected chi connectivity index (χ0v) is 10.3. The van der Waals surface area contributed by atoms with Crippen LogP contribution in [0, 0.1) is 0 Å². The van der Waals surface area contributed by atoms with Crippen molar-refractivity contribution in [1.82, 2.24) is 15.1 Å². The minimum atomic E-state index is 0.532. The van der Waals surface area contributed by atoms with Gasteiger partial charge < -0.3 is 5.32 Å². The van der Waals surface area contributed by atoms with Crippen LogP contribution in [0.1, 0.15) is 18.4 Å². The zero-order chi connectivity index (χ0) is 12.2. The average molecular weight is 239 g/mol. The van der Waals surface area contributed by atoms with Crippen molar-refractivity contribution in [2.45, 2.75) is 18.9 Å². The van der Waals surface area contributed by atoms with E-state index >= 15 is 0 Å². The number of hydrogen-bond donors (Lipinski definition) is 1. The highest BCUT2D eigenvalue weighted by atomic mass is 15.3. The van der Waals surface area contributed by atoms with Crippen LogP contribution in [-0.2, 0) is 0 Å². The Balaban J connectivity index is 1.73. The second-order valence-electron chi connectivity index (χ2n) is 4.62. The molecular formula is C15H17N3. The molecule has 3 rings (SSSR count). The largest absolute Gasteiger partial charge is 0.311 e. The molecule has 1 atom stereocenters. The molecule has 0 aliphatic carbocycles. The molecule has 1 aliphatic heterocycles. The predicted octanol–water partition coefficient (Wildman–Crippen LogP) is 2.64. The molecule has 1 unspecified atom stereocenters. The lowest BCUT2D eigenvalue weighted by Crippen LogP contribution is -2.17. The molecule has 3 heteroatoms. The Hall–Kier alpha value is -1.87. The van der Waals surface area contributed by atoms with Crippen molar-refractivity contribution in [1.29, 1.82) is 0 Å². The van der Waals surface area contributed by atoms with Gasteiger partial charge in [-0.1, -0.05) is 30.4 Å². The Morgan fingerprint density at radius 2 is 2.17 bits per heavy atom. The van der Waals surface area contributed by atoms with Gasteiger partial charge in [0, 0.05) is 17.8 Å². The van der Waals surface area contributed by atoms with Crippen molar-refractivity contribution in [3.05, 3.63) is 54.4 Å². The summed E-state index contributed by atoms with van der Waals surface area (Å²) in [5.74, 6) is 0. The van der Waals surface area contributed by atoms with Crippen LogP contribution in [0.25, 0.3) is 11.8 Å². The van der Waals surface area contributed by atoms with E-state index in [1.807, 2.05) is 29.1 Å². The van der Waals surface area contributed by atoms with Crippen LogP contribution >= 0.6 is 0 Å². The van der Waals surface area contributed by atoms with E-state index in [4.69, 9.17) is 0 Å². The molecule has 1 aromatic carbocycles. The van der Waals surface area contributed by atoms with Gasteiger partial charge in [0.15, 0.2) is 0 Å². The number of nitrogens with zero attached hydrogens (tertiary/aromatic N) is 2. The first-order valence-electron chi connectivity index (χ1n) is 6.43. The lowest BCUT2D eigenvalue weighted by atomic mass is 10.2. The summed E-state index contributed by atoms with van der Waals surface area (Å²) >= 11 is 0. The Morgan fingerprint density at radius 1 is 1.28 bits per heavy atom. The van der Waals surface area contributed by atoms with Gasteiger partial charge in [-0.2, -0.15) is 5.10 Å². The Bertz CT molecular complexity index is 522. The van der Waals surface area contributed by atoms with Crippen LogP contribution in [0.3, 0.4) is 0 Å². The van der Waals surface area contributed by atoms with Crippen LogP contribution < -0.4 is 5.32 Å². The van der Waals surface area contributed by atoms with E-state index in [1.165, 1.54) is 12.8 Å². The fourth-order valence-electron chi connectivity index (χ4n) is 2.25. The van der Waals surface area contributed by atoms with E-state index < -0.39 is 0 Å². The number of rotatable bonds is 3. The van der Waals surface area contributed by atoms with Gasteiger partial charge in [-0.25, -0.2) is 4.68 Å². The molecular weight excluding hydrogens is 222 g/mol. The Morgan fingerprint density at radius 3 is 2.94 bits per heavy atom. The fraction of sp³-hybridized carbons (Fsp3) is 0.267. The van der Waals surface area contributed by atoms with Crippen LogP contribution in [0.2, 0.25) is 0 Å². The first kappa shape index (κ1) is 11.2. The van der Waals surface area contributed by atoms with E-state index in [0.29, 0.717) is 6.04 Å². The summed E-state index contributed by atoms with van der Waals surface area (Å²) < 4.78 is 1.90. The third-order valence-corrected chi connectivity index (χ3v) is 3.24. The predicted molar refractivity (Wildman–Crippen MR) is 73.6 cm³/mol. The SMILES string of the molecule is C(=C\C1CCCN1)/c1cnn(-c2ccccc2)c1. The van der Waals surface area contributed by atoms with Gasteiger partial charge >= 0.3 is 0 Å². The van der Waals surface area contributed by atoms with Crippen molar-refractivity contribution in [2.75, 3.05) is 6.54 Å². The van der Waals surface area contributed by atoms with Gasteiger partial charge in [-0.15, -0.1) is 0 Å². The summed E-state index contributed by atoms with van der Waals surface area (Å²) in [5.41, 5.74) is 2.24. The smallest absolute Gasteiger partial charge is 0.0645 e. The number of aromatic nitrogens is 2. The van der Waals surface area contributed by atoms with Gasteiger partial charge in [-0.3, -0.25) is 0 Å². The molecule has 0 bridgehead atoms. The van der Waals surface area contributed by atoms with Crippen molar-refractivity contribution < 1.29 is 0 Å². The molecule has 18 heavy (non-hydrogen) atoms. The minimum absolute atomic E-state index is 0.532. The highest BCUT2D eigenvalue weighted by Crippen LogP contribution is 2.11. The monoisotopic (exact) mass is 239 g/mol. The van der Waals surface area contributed by atoms with Gasteiger partial charge in [-0.05, 0) is 31.5 Å². The fourth-order valence-corrected chi connectivity index (χ4v) is 2.25. The third kappa shape index (κ3) is 2.51. The maximum atomic E-state index is 4.38. The van der Waals surface area contributed by atoms with Crippen LogP contribution in [0.5, 0.6) is 0 Å². The van der Waals surface area contributed by atoms with E-state index in [-0.39, 0.29) is 0 Å². The van der Waals surface area contributed by atoms with Crippen LogP contribution in [0.15, 0.2) is 48.8 Å². The average Bonchev–Trinajstić information content (AvgIpc) is 3.09. The van der Waals surface area contributed by atoms with Crippen LogP contribution in [0.4, 0.5) is 0 Å². The number of hydrogen-bond acceptors (Lipinski definition) is 2. The van der Waals surface area contributed by atoms with Gasteiger partial charge in [0.2, 0.25) is 0 Å². The molecule has 1 fully saturated rings. The summed E-state index contributed by atoms with van der Waals surface area (Å²) in [6.07, 6.45) is 10.9. The summed E-state index contributed by atoms with van der Waals surface area (Å²) in [6, 6.07) is 10.7. The molecule has 2 heterocycles. The maximum absolute atomic E-state index is 4.38. The van der Waals surface area contributed by atoms with Crippen LogP contribution in [-0.4, -0.2) is 22.4 Å². The van der Waals surface area contributed by atoms with Crippen molar-refractivity contribution in [3.63, 3.8) is 0 Å². The molecule has 1 N–H and O–H groups in total. The highest BCUT2D eigenvalue weighted by Gasteiger charge is 2.09. The number of nitrogens with one attached hydrogen (secondary N) is 1. The van der Waals surface area contributed by atoms with E-state index in [9.17, 15) is 0 Å². The normalized spacial score (nSPS) is 19.7. The summed E-state index contributed by atoms with van der Waals surface area (Å²) in [4.78, 5) is 0. The van der Waals surface area contributed by atoms with Crippen molar-refractivity contribution in [3.8, 4) is 5.69 Å². The molecule has 3 nitrogen and oxygen atoms in total. The molecule has 0 radical (unpaired) electrons. The molecule has 92 valence electrons. The molecule has 1 aliphatic rings. The lowest BCUT2D eigenvalue weighted by Gasteiger charge is -2.01. The second kappa shape index (κ2) is 5.19. The van der Waals surface area contributed by atoms with E-state index in [0.717, 1.165) is 17.8 Å². The van der Waals surface area contributed by atoms with Crippen molar-refractivity contribution >= 4 is 6.08 Å². The topological polar surface area (TPSA) is 29.9 Å². The Labute approximate surface area is 107 Å². The van der Waals surface area contributed by atoms with Gasteiger partial charge in [0.25, 0.3) is 0 Å². The first-order chi connectivity index (χ1) is 8.92. The summed E-state index contributed by atoms with van der Waals surface area (Å²) in [6.45, 7) is 1.14. The quantitative estimate of drug-likeness (QED) is 0.892.